The third kappa shape index (κ3) is 7.79. The summed E-state index contributed by atoms with van der Waals surface area (Å²) in [5.41, 5.74) is -1.05. The molecule has 4 nitrogen and oxygen atoms in total. The van der Waals surface area contributed by atoms with Gasteiger partial charge in [-0.05, 0) is 24.7 Å². The molecule has 0 rings (SSSR count). The summed E-state index contributed by atoms with van der Waals surface area (Å²) in [4.78, 5) is 18.2. The number of halogens is 3. The maximum atomic E-state index is 11.2. The number of alkyl halides is 3. The summed E-state index contributed by atoms with van der Waals surface area (Å²) < 4.78 is 15.6. The van der Waals surface area contributed by atoms with Crippen LogP contribution in [0.3, 0.4) is 0 Å². The predicted molar refractivity (Wildman–Crippen MR) is 86.1 cm³/mol. The lowest BCUT2D eigenvalue weighted by atomic mass is 9.84. The first-order chi connectivity index (χ1) is 8.48. The Kier molecular flexibility index (Phi) is 8.69. The van der Waals surface area contributed by atoms with Gasteiger partial charge in [0.05, 0.1) is 0 Å². The highest BCUT2D eigenvalue weighted by atomic mass is 79.9. The summed E-state index contributed by atoms with van der Waals surface area (Å²) in [6, 6.07) is 0. The van der Waals surface area contributed by atoms with Gasteiger partial charge in [0.25, 0.3) is 0 Å². The van der Waals surface area contributed by atoms with Crippen LogP contribution in [0.25, 0.3) is 0 Å². The van der Waals surface area contributed by atoms with E-state index < -0.39 is 17.7 Å². The maximum Gasteiger partial charge on any atom is 0.470 e. The molecular weight excluding hydrogens is 422 g/mol. The highest BCUT2D eigenvalue weighted by Gasteiger charge is 2.43. The number of rotatable bonds is 9. The van der Waals surface area contributed by atoms with Crippen LogP contribution in [0.1, 0.15) is 46.5 Å². The highest BCUT2D eigenvalue weighted by molar-refractivity contribution is 9.10. The topological polar surface area (TPSA) is 66.8 Å². The molecule has 0 aromatic rings. The van der Waals surface area contributed by atoms with Crippen molar-refractivity contribution in [1.29, 1.82) is 0 Å². The van der Waals surface area contributed by atoms with Crippen LogP contribution in [-0.2, 0) is 9.09 Å². The molecule has 0 aliphatic heterocycles. The van der Waals surface area contributed by atoms with E-state index in [2.05, 4.69) is 45.7 Å². The minimum absolute atomic E-state index is 0.00995. The number of hydrogen-bond acceptors (Lipinski definition) is 2. The largest absolute Gasteiger partial charge is 0.470 e. The molecule has 0 aliphatic carbocycles. The quantitative estimate of drug-likeness (QED) is 0.396. The van der Waals surface area contributed by atoms with Crippen LogP contribution in [0, 0.1) is 5.41 Å². The Balaban J connectivity index is 5.07. The van der Waals surface area contributed by atoms with E-state index in [9.17, 15) is 4.57 Å². The van der Waals surface area contributed by atoms with Gasteiger partial charge in [-0.15, -0.1) is 11.6 Å². The molecule has 2 unspecified atom stereocenters. The van der Waals surface area contributed by atoms with Crippen molar-refractivity contribution in [2.45, 2.75) is 56.3 Å². The van der Waals surface area contributed by atoms with Gasteiger partial charge in [-0.1, -0.05) is 59.1 Å². The van der Waals surface area contributed by atoms with Gasteiger partial charge in [-0.25, -0.2) is 4.57 Å². The Bertz CT molecular complexity index is 322. The normalized spacial score (nSPS) is 18.1. The third-order valence-electron chi connectivity index (χ3n) is 2.96. The second-order valence-corrected chi connectivity index (χ2v) is 9.10. The average Bonchev–Trinajstić information content (AvgIpc) is 2.24. The Morgan fingerprint density at radius 1 is 1.32 bits per heavy atom. The van der Waals surface area contributed by atoms with Crippen molar-refractivity contribution in [1.82, 2.24) is 0 Å². The van der Waals surface area contributed by atoms with Gasteiger partial charge in [0.15, 0.2) is 0 Å². The first-order valence-electron chi connectivity index (χ1n) is 6.08. The van der Waals surface area contributed by atoms with Crippen molar-refractivity contribution >= 4 is 51.3 Å². The van der Waals surface area contributed by atoms with Crippen molar-refractivity contribution < 1.29 is 18.9 Å². The van der Waals surface area contributed by atoms with E-state index in [1.807, 2.05) is 6.92 Å². The molecule has 2 atom stereocenters. The van der Waals surface area contributed by atoms with E-state index >= 15 is 0 Å². The van der Waals surface area contributed by atoms with Crippen LogP contribution in [0.2, 0.25) is 0 Å². The molecular formula is C11H22Br2ClO4P. The minimum Gasteiger partial charge on any atom is -0.303 e. The predicted octanol–water partition coefficient (Wildman–Crippen LogP) is 4.80. The average molecular weight is 445 g/mol. The summed E-state index contributed by atoms with van der Waals surface area (Å²) in [5, 5.41) is 0.799. The molecule has 0 fully saturated rings. The van der Waals surface area contributed by atoms with Gasteiger partial charge >= 0.3 is 7.82 Å². The third-order valence-corrected chi connectivity index (χ3v) is 6.31. The standard InChI is InChI=1S/C11H22Br2ClO4P/c1-4-5-11(9(13)14,18-19(15,16)17)7-6-10(2,3)8-12/h9H,4-8H2,1-3H3,(H2,15,16,17). The van der Waals surface area contributed by atoms with Gasteiger partial charge in [0.1, 0.15) is 9.89 Å². The van der Waals surface area contributed by atoms with Crippen LogP contribution in [0.15, 0.2) is 0 Å². The number of hydrogen-bond donors (Lipinski definition) is 2. The summed E-state index contributed by atoms with van der Waals surface area (Å²) in [6.07, 6.45) is 2.43. The highest BCUT2D eigenvalue weighted by Crippen LogP contribution is 2.49. The summed E-state index contributed by atoms with van der Waals surface area (Å²) in [6.45, 7) is 6.08. The molecule has 19 heavy (non-hydrogen) atoms. The second kappa shape index (κ2) is 8.11. The van der Waals surface area contributed by atoms with Gasteiger partial charge < -0.3 is 9.79 Å². The molecule has 0 saturated carbocycles. The van der Waals surface area contributed by atoms with E-state index in [1.165, 1.54) is 0 Å². The molecule has 0 spiro atoms. The van der Waals surface area contributed by atoms with Crippen molar-refractivity contribution in [2.75, 3.05) is 5.33 Å². The Labute approximate surface area is 137 Å². The van der Waals surface area contributed by atoms with E-state index in [0.29, 0.717) is 12.8 Å². The smallest absolute Gasteiger partial charge is 0.303 e. The van der Waals surface area contributed by atoms with Crippen LogP contribution in [0.5, 0.6) is 0 Å². The zero-order valence-electron chi connectivity index (χ0n) is 11.4. The van der Waals surface area contributed by atoms with Crippen molar-refractivity contribution in [2.24, 2.45) is 5.41 Å². The Hall–Kier alpha value is 1.36. The van der Waals surface area contributed by atoms with Crippen LogP contribution < -0.4 is 0 Å². The summed E-state index contributed by atoms with van der Waals surface area (Å²) in [5.74, 6) is 0. The zero-order chi connectivity index (χ0) is 15.3. The molecule has 0 bridgehead atoms. The lowest BCUT2D eigenvalue weighted by molar-refractivity contribution is 0.0233. The van der Waals surface area contributed by atoms with Crippen molar-refractivity contribution in [3.8, 4) is 0 Å². The fourth-order valence-electron chi connectivity index (χ4n) is 1.75. The Morgan fingerprint density at radius 3 is 2.16 bits per heavy atom. The van der Waals surface area contributed by atoms with Crippen LogP contribution in [-0.4, -0.2) is 25.0 Å². The monoisotopic (exact) mass is 442 g/mol. The molecule has 0 heterocycles. The first-order valence-corrected chi connectivity index (χ1v) is 10.1. The molecule has 2 N–H and O–H groups in total. The van der Waals surface area contributed by atoms with Crippen molar-refractivity contribution in [3.63, 3.8) is 0 Å². The molecule has 0 aromatic heterocycles. The van der Waals surface area contributed by atoms with E-state index in [1.54, 1.807) is 0 Å². The van der Waals surface area contributed by atoms with Crippen LogP contribution in [0.4, 0.5) is 0 Å². The molecule has 116 valence electrons. The maximum absolute atomic E-state index is 11.2. The van der Waals surface area contributed by atoms with E-state index in [-0.39, 0.29) is 5.41 Å². The summed E-state index contributed by atoms with van der Waals surface area (Å²) in [7, 11) is -4.59. The fraction of sp³-hybridized carbons (Fsp3) is 1.00. The molecule has 0 aromatic carbocycles. The van der Waals surface area contributed by atoms with E-state index in [4.69, 9.17) is 25.9 Å². The molecule has 0 amide bonds. The zero-order valence-corrected chi connectivity index (χ0v) is 16.2. The van der Waals surface area contributed by atoms with E-state index in [0.717, 1.165) is 18.2 Å². The SMILES string of the molecule is CCCC(CCC(C)(C)CBr)(OP(=O)(O)O)C(Cl)Br. The Morgan fingerprint density at radius 2 is 1.84 bits per heavy atom. The lowest BCUT2D eigenvalue weighted by Gasteiger charge is -2.37. The fourth-order valence-corrected chi connectivity index (χ4v) is 3.81. The molecule has 8 heteroatoms. The molecule has 0 radical (unpaired) electrons. The summed E-state index contributed by atoms with van der Waals surface area (Å²) >= 11 is 12.8. The van der Waals surface area contributed by atoms with Crippen molar-refractivity contribution in [3.05, 3.63) is 0 Å². The van der Waals surface area contributed by atoms with Gasteiger partial charge in [0.2, 0.25) is 0 Å². The number of phosphoric acid groups is 1. The molecule has 0 aliphatic rings. The molecule has 0 saturated heterocycles. The van der Waals surface area contributed by atoms with Gasteiger partial charge in [-0.3, -0.25) is 4.52 Å². The minimum atomic E-state index is -4.59. The lowest BCUT2D eigenvalue weighted by Crippen LogP contribution is -2.39. The van der Waals surface area contributed by atoms with Crippen LogP contribution >= 0.6 is 51.3 Å². The number of phosphoric ester groups is 1. The van der Waals surface area contributed by atoms with Gasteiger partial charge in [-0.2, -0.15) is 0 Å². The van der Waals surface area contributed by atoms with Gasteiger partial charge in [0, 0.05) is 5.33 Å². The second-order valence-electron chi connectivity index (χ2n) is 5.50. The first kappa shape index (κ1) is 20.4.